The van der Waals surface area contributed by atoms with Crippen molar-refractivity contribution in [2.75, 3.05) is 0 Å². The van der Waals surface area contributed by atoms with E-state index in [2.05, 4.69) is 15.0 Å². The van der Waals surface area contributed by atoms with Crippen LogP contribution in [0.4, 0.5) is 0 Å². The van der Waals surface area contributed by atoms with Gasteiger partial charge in [-0.1, -0.05) is 31.5 Å². The molecule has 0 saturated heterocycles. The maximum Gasteiger partial charge on any atom is 0.224 e. The predicted octanol–water partition coefficient (Wildman–Crippen LogP) is 4.59. The molecule has 0 N–H and O–H groups in total. The average Bonchev–Trinajstić information content (AvgIpc) is 2.46. The molecule has 4 nitrogen and oxygen atoms in total. The molecule has 2 aromatic heterocycles. The fourth-order valence-electron chi connectivity index (χ4n) is 1.95. The maximum absolute atomic E-state index is 6.01. The molecular weight excluding hydrogens is 286 g/mol. The summed E-state index contributed by atoms with van der Waals surface area (Å²) in [6.45, 7) is 4.02. The number of pyridine rings is 1. The van der Waals surface area contributed by atoms with Crippen LogP contribution in [0.2, 0.25) is 5.15 Å². The molecule has 1 aromatic carbocycles. The number of hydrogen-bond donors (Lipinski definition) is 0. The van der Waals surface area contributed by atoms with Gasteiger partial charge in [0.2, 0.25) is 5.88 Å². The molecule has 0 spiro atoms. The van der Waals surface area contributed by atoms with Crippen LogP contribution in [0.15, 0.2) is 42.6 Å². The van der Waals surface area contributed by atoms with E-state index in [1.54, 1.807) is 12.3 Å². The summed E-state index contributed by atoms with van der Waals surface area (Å²) in [5, 5.41) is 1.44. The lowest BCUT2D eigenvalue weighted by molar-refractivity contribution is 0.457. The molecule has 3 rings (SSSR count). The van der Waals surface area contributed by atoms with E-state index in [-0.39, 0.29) is 5.92 Å². The minimum Gasteiger partial charge on any atom is -0.439 e. The molecule has 0 unspecified atom stereocenters. The van der Waals surface area contributed by atoms with E-state index < -0.39 is 0 Å². The van der Waals surface area contributed by atoms with Crippen LogP contribution in [-0.2, 0) is 0 Å². The Morgan fingerprint density at radius 3 is 2.76 bits per heavy atom. The van der Waals surface area contributed by atoms with Gasteiger partial charge in [0.05, 0.1) is 5.52 Å². The van der Waals surface area contributed by atoms with Gasteiger partial charge in [0.1, 0.15) is 16.7 Å². The Labute approximate surface area is 127 Å². The number of halogens is 1. The lowest BCUT2D eigenvalue weighted by atomic mass is 10.2. The van der Waals surface area contributed by atoms with E-state index in [0.29, 0.717) is 22.6 Å². The van der Waals surface area contributed by atoms with Crippen molar-refractivity contribution < 1.29 is 4.74 Å². The minimum absolute atomic E-state index is 0.185. The van der Waals surface area contributed by atoms with E-state index in [9.17, 15) is 0 Å². The molecule has 5 heteroatoms. The molecule has 0 aliphatic carbocycles. The van der Waals surface area contributed by atoms with Gasteiger partial charge in [0, 0.05) is 29.6 Å². The van der Waals surface area contributed by atoms with E-state index in [0.717, 1.165) is 10.9 Å². The highest BCUT2D eigenvalue weighted by atomic mass is 35.5. The fourth-order valence-corrected chi connectivity index (χ4v) is 2.13. The maximum atomic E-state index is 6.01. The fraction of sp³-hybridized carbons (Fsp3) is 0.188. The number of ether oxygens (including phenoxy) is 1. The van der Waals surface area contributed by atoms with Crippen LogP contribution >= 0.6 is 11.6 Å². The summed E-state index contributed by atoms with van der Waals surface area (Å²) in [4.78, 5) is 12.9. The molecule has 0 atom stereocenters. The highest BCUT2D eigenvalue weighted by Crippen LogP contribution is 2.26. The summed E-state index contributed by atoms with van der Waals surface area (Å²) >= 11 is 6.01. The van der Waals surface area contributed by atoms with Crippen molar-refractivity contribution in [1.29, 1.82) is 0 Å². The summed E-state index contributed by atoms with van der Waals surface area (Å²) in [6, 6.07) is 11.2. The summed E-state index contributed by atoms with van der Waals surface area (Å²) in [7, 11) is 0. The monoisotopic (exact) mass is 299 g/mol. The largest absolute Gasteiger partial charge is 0.439 e. The molecule has 21 heavy (non-hydrogen) atoms. The first-order valence-electron chi connectivity index (χ1n) is 6.69. The zero-order valence-electron chi connectivity index (χ0n) is 11.7. The van der Waals surface area contributed by atoms with Crippen molar-refractivity contribution in [2.45, 2.75) is 19.8 Å². The molecule has 106 valence electrons. The molecule has 0 aliphatic heterocycles. The third kappa shape index (κ3) is 3.11. The molecule has 0 bridgehead atoms. The first-order chi connectivity index (χ1) is 10.1. The Balaban J connectivity index is 1.94. The molecule has 0 saturated carbocycles. The zero-order valence-corrected chi connectivity index (χ0v) is 12.5. The van der Waals surface area contributed by atoms with Gasteiger partial charge >= 0.3 is 0 Å². The number of benzene rings is 1. The molecule has 0 aliphatic rings. The number of hydrogen-bond acceptors (Lipinski definition) is 4. The Kier molecular flexibility index (Phi) is 3.71. The number of rotatable bonds is 3. The zero-order chi connectivity index (χ0) is 14.8. The SMILES string of the molecule is CC(C)c1nc(Cl)cc(Oc2ccc3cccnc3c2)n1. The Hall–Kier alpha value is -2.20. The van der Waals surface area contributed by atoms with Crippen molar-refractivity contribution in [3.8, 4) is 11.6 Å². The number of fused-ring (bicyclic) bond motifs is 1. The third-order valence-corrected chi connectivity index (χ3v) is 3.20. The summed E-state index contributed by atoms with van der Waals surface area (Å²) in [5.74, 6) is 1.96. The Morgan fingerprint density at radius 1 is 1.10 bits per heavy atom. The Morgan fingerprint density at radius 2 is 1.95 bits per heavy atom. The summed E-state index contributed by atoms with van der Waals surface area (Å²) in [6.07, 6.45) is 1.75. The van der Waals surface area contributed by atoms with E-state index in [4.69, 9.17) is 16.3 Å². The molecule has 0 radical (unpaired) electrons. The van der Waals surface area contributed by atoms with E-state index >= 15 is 0 Å². The number of aromatic nitrogens is 3. The van der Waals surface area contributed by atoms with Crippen LogP contribution in [0.25, 0.3) is 10.9 Å². The van der Waals surface area contributed by atoms with Crippen LogP contribution in [0.3, 0.4) is 0 Å². The second kappa shape index (κ2) is 5.66. The second-order valence-electron chi connectivity index (χ2n) is 5.00. The van der Waals surface area contributed by atoms with Crippen molar-refractivity contribution in [1.82, 2.24) is 15.0 Å². The van der Waals surface area contributed by atoms with Crippen molar-refractivity contribution >= 4 is 22.5 Å². The molecule has 3 aromatic rings. The lowest BCUT2D eigenvalue weighted by Gasteiger charge is -2.09. The van der Waals surface area contributed by atoms with Crippen molar-refractivity contribution in [2.24, 2.45) is 0 Å². The van der Waals surface area contributed by atoms with E-state index in [1.165, 1.54) is 0 Å². The van der Waals surface area contributed by atoms with Crippen molar-refractivity contribution in [3.63, 3.8) is 0 Å². The van der Waals surface area contributed by atoms with Crippen molar-refractivity contribution in [3.05, 3.63) is 53.6 Å². The number of nitrogens with zero attached hydrogens (tertiary/aromatic N) is 3. The molecule has 0 amide bonds. The first-order valence-corrected chi connectivity index (χ1v) is 7.07. The highest BCUT2D eigenvalue weighted by Gasteiger charge is 2.09. The van der Waals surface area contributed by atoms with Gasteiger partial charge in [-0.2, -0.15) is 4.98 Å². The van der Waals surface area contributed by atoms with Crippen LogP contribution in [0.5, 0.6) is 11.6 Å². The third-order valence-electron chi connectivity index (χ3n) is 3.00. The highest BCUT2D eigenvalue weighted by molar-refractivity contribution is 6.29. The quantitative estimate of drug-likeness (QED) is 0.663. The predicted molar refractivity (Wildman–Crippen MR) is 82.9 cm³/mol. The summed E-state index contributed by atoms with van der Waals surface area (Å²) < 4.78 is 5.78. The van der Waals surface area contributed by atoms with Gasteiger partial charge in [-0.05, 0) is 18.2 Å². The molecular formula is C16H14ClN3O. The lowest BCUT2D eigenvalue weighted by Crippen LogP contribution is -1.99. The Bertz CT molecular complexity index is 789. The smallest absolute Gasteiger partial charge is 0.224 e. The minimum atomic E-state index is 0.185. The van der Waals surface area contributed by atoms with Gasteiger partial charge < -0.3 is 4.74 Å². The molecule has 2 heterocycles. The van der Waals surface area contributed by atoms with Gasteiger partial charge in [-0.25, -0.2) is 4.98 Å². The second-order valence-corrected chi connectivity index (χ2v) is 5.39. The van der Waals surface area contributed by atoms with Crippen LogP contribution in [0, 0.1) is 0 Å². The van der Waals surface area contributed by atoms with E-state index in [1.807, 2.05) is 44.2 Å². The molecule has 0 fully saturated rings. The average molecular weight is 300 g/mol. The normalized spacial score (nSPS) is 11.0. The topological polar surface area (TPSA) is 47.9 Å². The standard InChI is InChI=1S/C16H14ClN3O/c1-10(2)16-19-14(17)9-15(20-16)21-12-6-5-11-4-3-7-18-13(11)8-12/h3-10H,1-2H3. The first kappa shape index (κ1) is 13.8. The van der Waals surface area contributed by atoms with Crippen LogP contribution in [0.1, 0.15) is 25.6 Å². The van der Waals surface area contributed by atoms with Crippen LogP contribution in [-0.4, -0.2) is 15.0 Å². The van der Waals surface area contributed by atoms with Gasteiger partial charge in [0.15, 0.2) is 0 Å². The van der Waals surface area contributed by atoms with Gasteiger partial charge in [0.25, 0.3) is 0 Å². The van der Waals surface area contributed by atoms with Gasteiger partial charge in [-0.15, -0.1) is 0 Å². The van der Waals surface area contributed by atoms with Crippen LogP contribution < -0.4 is 4.74 Å². The summed E-state index contributed by atoms with van der Waals surface area (Å²) in [5.41, 5.74) is 0.874. The van der Waals surface area contributed by atoms with Gasteiger partial charge in [-0.3, -0.25) is 4.98 Å².